The lowest BCUT2D eigenvalue weighted by Crippen LogP contribution is -2.51. The van der Waals surface area contributed by atoms with Crippen LogP contribution >= 0.6 is 11.8 Å². The second-order valence-electron chi connectivity index (χ2n) is 8.93. The molecule has 4 bridgehead atoms. The first kappa shape index (κ1) is 18.2. The van der Waals surface area contributed by atoms with E-state index in [1.807, 2.05) is 0 Å². The van der Waals surface area contributed by atoms with Crippen LogP contribution in [0.4, 0.5) is 4.39 Å². The van der Waals surface area contributed by atoms with Crippen LogP contribution in [0.2, 0.25) is 0 Å². The van der Waals surface area contributed by atoms with Gasteiger partial charge in [-0.2, -0.15) is 0 Å². The van der Waals surface area contributed by atoms with Gasteiger partial charge < -0.3 is 5.32 Å². The fraction of sp³-hybridized carbons (Fsp3) is 0.571. The molecule has 1 amide bonds. The Labute approximate surface area is 168 Å². The lowest BCUT2D eigenvalue weighted by atomic mass is 9.49. The van der Waals surface area contributed by atoms with Crippen LogP contribution in [0.15, 0.2) is 29.4 Å². The lowest BCUT2D eigenvalue weighted by molar-refractivity contribution is -0.120. The van der Waals surface area contributed by atoms with E-state index in [2.05, 4.69) is 20.5 Å². The van der Waals surface area contributed by atoms with Crippen LogP contribution in [-0.2, 0) is 4.79 Å². The topological polar surface area (TPSA) is 70.7 Å². The lowest BCUT2D eigenvalue weighted by Gasteiger charge is -2.56. The molecule has 2 N–H and O–H groups in total. The molecule has 0 aliphatic heterocycles. The molecule has 148 valence electrons. The Morgan fingerprint density at radius 2 is 1.86 bits per heavy atom. The quantitative estimate of drug-likeness (QED) is 0.718. The standard InChI is InChI=1S/C21H25FN4OS/c22-17-4-2-1-3-16(17)19-24-20(26-25-19)28-11-18(27)23-12-21-8-13-5-14(9-21)7-15(6-13)10-21/h1-4,13-15H,5-12H2,(H,23,27)(H,24,25,26). The normalized spacial score (nSPS) is 30.5. The first-order valence-electron chi connectivity index (χ1n) is 10.2. The minimum absolute atomic E-state index is 0.0259. The van der Waals surface area contributed by atoms with Crippen molar-refractivity contribution in [3.8, 4) is 11.4 Å². The molecule has 6 rings (SSSR count). The molecule has 5 nitrogen and oxygen atoms in total. The van der Waals surface area contributed by atoms with Gasteiger partial charge in [0, 0.05) is 6.54 Å². The Hall–Kier alpha value is -1.89. The largest absolute Gasteiger partial charge is 0.355 e. The number of H-pyrrole nitrogens is 1. The summed E-state index contributed by atoms with van der Waals surface area (Å²) >= 11 is 1.28. The highest BCUT2D eigenvalue weighted by atomic mass is 32.2. The maximum atomic E-state index is 13.8. The van der Waals surface area contributed by atoms with Gasteiger partial charge in [-0.15, -0.1) is 5.10 Å². The minimum Gasteiger partial charge on any atom is -0.355 e. The summed E-state index contributed by atoms with van der Waals surface area (Å²) in [5.41, 5.74) is 0.727. The summed E-state index contributed by atoms with van der Waals surface area (Å²) in [6.07, 6.45) is 8.12. The second-order valence-corrected chi connectivity index (χ2v) is 9.87. The molecule has 1 aromatic carbocycles. The van der Waals surface area contributed by atoms with Gasteiger partial charge in [-0.1, -0.05) is 23.9 Å². The Morgan fingerprint density at radius 1 is 1.18 bits per heavy atom. The van der Waals surface area contributed by atoms with Crippen molar-refractivity contribution in [2.75, 3.05) is 12.3 Å². The van der Waals surface area contributed by atoms with Crippen molar-refractivity contribution in [1.82, 2.24) is 20.5 Å². The van der Waals surface area contributed by atoms with Crippen LogP contribution in [0, 0.1) is 29.0 Å². The van der Waals surface area contributed by atoms with Crippen molar-refractivity contribution in [1.29, 1.82) is 0 Å². The number of halogens is 1. The minimum atomic E-state index is -0.344. The van der Waals surface area contributed by atoms with Crippen molar-refractivity contribution in [2.45, 2.75) is 43.7 Å². The average molecular weight is 401 g/mol. The summed E-state index contributed by atoms with van der Waals surface area (Å²) in [5, 5.41) is 10.5. The number of rotatable bonds is 6. The Morgan fingerprint density at radius 3 is 2.54 bits per heavy atom. The maximum absolute atomic E-state index is 13.8. The Balaban J connectivity index is 1.14. The van der Waals surface area contributed by atoms with Gasteiger partial charge in [0.2, 0.25) is 11.1 Å². The zero-order valence-electron chi connectivity index (χ0n) is 15.8. The fourth-order valence-electron chi connectivity index (χ4n) is 6.06. The van der Waals surface area contributed by atoms with Gasteiger partial charge in [0.05, 0.1) is 11.3 Å². The summed E-state index contributed by atoms with van der Waals surface area (Å²) in [5.74, 6) is 3.02. The molecule has 1 aromatic heterocycles. The molecule has 0 radical (unpaired) electrons. The van der Waals surface area contributed by atoms with E-state index in [1.165, 1.54) is 56.4 Å². The van der Waals surface area contributed by atoms with E-state index in [1.54, 1.807) is 18.2 Å². The highest BCUT2D eigenvalue weighted by Gasteiger charge is 2.50. The number of benzene rings is 1. The van der Waals surface area contributed by atoms with Gasteiger partial charge in [0.15, 0.2) is 5.82 Å². The molecule has 2 aromatic rings. The van der Waals surface area contributed by atoms with E-state index >= 15 is 0 Å². The number of hydrogen-bond acceptors (Lipinski definition) is 4. The van der Waals surface area contributed by atoms with Gasteiger partial charge in [-0.25, -0.2) is 9.37 Å². The predicted octanol–water partition coefficient (Wildman–Crippen LogP) is 4.04. The molecule has 4 fully saturated rings. The summed E-state index contributed by atoms with van der Waals surface area (Å²) in [7, 11) is 0. The van der Waals surface area contributed by atoms with Gasteiger partial charge in [-0.05, 0) is 73.8 Å². The highest BCUT2D eigenvalue weighted by molar-refractivity contribution is 7.99. The SMILES string of the molecule is O=C(CSc1n[nH]c(-c2ccccc2F)n1)NCC12CC3CC(CC(C3)C1)C2. The van der Waals surface area contributed by atoms with E-state index in [4.69, 9.17) is 0 Å². The third-order valence-electron chi connectivity index (χ3n) is 6.75. The van der Waals surface area contributed by atoms with Crippen molar-refractivity contribution >= 4 is 17.7 Å². The molecule has 4 aliphatic rings. The van der Waals surface area contributed by atoms with Crippen LogP contribution in [0.1, 0.15) is 38.5 Å². The third-order valence-corrected chi connectivity index (χ3v) is 7.60. The number of carbonyl (C=O) groups is 1. The number of nitrogens with one attached hydrogen (secondary N) is 2. The molecule has 4 saturated carbocycles. The molecule has 0 saturated heterocycles. The molecule has 28 heavy (non-hydrogen) atoms. The van der Waals surface area contributed by atoms with Crippen molar-refractivity contribution < 1.29 is 9.18 Å². The van der Waals surface area contributed by atoms with Crippen LogP contribution < -0.4 is 5.32 Å². The summed E-state index contributed by atoms with van der Waals surface area (Å²) < 4.78 is 13.8. The number of carbonyl (C=O) groups excluding carboxylic acids is 1. The predicted molar refractivity (Wildman–Crippen MR) is 106 cm³/mol. The van der Waals surface area contributed by atoms with E-state index in [-0.39, 0.29) is 17.5 Å². The summed E-state index contributed by atoms with van der Waals surface area (Å²) in [6, 6.07) is 6.44. The van der Waals surface area contributed by atoms with Crippen LogP contribution in [0.25, 0.3) is 11.4 Å². The molecule has 0 unspecified atom stereocenters. The number of nitrogens with zero attached hydrogens (tertiary/aromatic N) is 2. The second kappa shape index (κ2) is 7.17. The average Bonchev–Trinajstić information content (AvgIpc) is 3.13. The molecule has 0 spiro atoms. The monoisotopic (exact) mass is 400 g/mol. The molecule has 1 heterocycles. The smallest absolute Gasteiger partial charge is 0.230 e. The van der Waals surface area contributed by atoms with Crippen LogP contribution in [0.5, 0.6) is 0 Å². The molecule has 0 atom stereocenters. The number of aromatic nitrogens is 3. The molecule has 4 aliphatic carbocycles. The van der Waals surface area contributed by atoms with Gasteiger partial charge in [0.25, 0.3) is 0 Å². The van der Waals surface area contributed by atoms with Gasteiger partial charge in [0.1, 0.15) is 5.82 Å². The number of hydrogen-bond donors (Lipinski definition) is 2. The van der Waals surface area contributed by atoms with Crippen molar-refractivity contribution in [2.24, 2.45) is 23.2 Å². The molecular weight excluding hydrogens is 375 g/mol. The van der Waals surface area contributed by atoms with Gasteiger partial charge in [-0.3, -0.25) is 9.89 Å². The maximum Gasteiger partial charge on any atom is 0.230 e. The van der Waals surface area contributed by atoms with E-state index in [0.29, 0.717) is 22.0 Å². The van der Waals surface area contributed by atoms with Crippen molar-refractivity contribution in [3.63, 3.8) is 0 Å². The molecule has 7 heteroatoms. The third kappa shape index (κ3) is 3.56. The first-order valence-corrected chi connectivity index (χ1v) is 11.1. The summed E-state index contributed by atoms with van der Waals surface area (Å²) in [6.45, 7) is 0.810. The first-order chi connectivity index (χ1) is 13.6. The van der Waals surface area contributed by atoms with E-state index in [9.17, 15) is 9.18 Å². The Bertz CT molecular complexity index is 848. The van der Waals surface area contributed by atoms with Crippen LogP contribution in [0.3, 0.4) is 0 Å². The molecular formula is C21H25FN4OS. The van der Waals surface area contributed by atoms with E-state index < -0.39 is 0 Å². The number of aromatic amines is 1. The number of thioether (sulfide) groups is 1. The van der Waals surface area contributed by atoms with Gasteiger partial charge >= 0.3 is 0 Å². The van der Waals surface area contributed by atoms with Crippen LogP contribution in [-0.4, -0.2) is 33.4 Å². The number of amides is 1. The zero-order valence-corrected chi connectivity index (χ0v) is 16.6. The fourth-order valence-corrected chi connectivity index (χ4v) is 6.69. The highest BCUT2D eigenvalue weighted by Crippen LogP contribution is 2.59. The van der Waals surface area contributed by atoms with Crippen molar-refractivity contribution in [3.05, 3.63) is 30.1 Å². The summed E-state index contributed by atoms with van der Waals surface area (Å²) in [4.78, 5) is 16.7. The Kier molecular flexibility index (Phi) is 4.65. The zero-order chi connectivity index (χ0) is 19.1. The van der Waals surface area contributed by atoms with E-state index in [0.717, 1.165) is 24.3 Å².